The lowest BCUT2D eigenvalue weighted by Crippen LogP contribution is -2.36. The first kappa shape index (κ1) is 23.1. The molecule has 1 aliphatic rings. The minimum absolute atomic E-state index is 0.428. The molecule has 186 valence electrons. The molecular formula is C29H29N7O. The minimum Gasteiger partial charge on any atom is -0.383 e. The van der Waals surface area contributed by atoms with Crippen LogP contribution in [-0.4, -0.2) is 52.4 Å². The lowest BCUT2D eigenvalue weighted by atomic mass is 10.1. The standard InChI is InChI=1S/C29H29N7O/c30-13-12-20-6-8-22(9-7-20)36-28(24-5-2-14-32-27(24)31)34-26-11-10-25(33-29(26)36)21-3-1-4-23(19-21)35-15-17-37-18-16-35/h1-11,14,19H,12-13,15-18,30H2,(H2,31,32). The van der Waals surface area contributed by atoms with E-state index in [1.807, 2.05) is 24.3 Å². The van der Waals surface area contributed by atoms with Crippen molar-refractivity contribution < 1.29 is 4.74 Å². The van der Waals surface area contributed by atoms with Crippen molar-refractivity contribution in [1.29, 1.82) is 0 Å². The molecule has 4 heterocycles. The molecule has 0 bridgehead atoms. The van der Waals surface area contributed by atoms with Gasteiger partial charge in [-0.15, -0.1) is 0 Å². The number of ether oxygens (including phenoxy) is 1. The molecule has 37 heavy (non-hydrogen) atoms. The molecule has 6 rings (SSSR count). The van der Waals surface area contributed by atoms with Gasteiger partial charge in [-0.25, -0.2) is 15.0 Å². The van der Waals surface area contributed by atoms with Gasteiger partial charge in [-0.1, -0.05) is 24.3 Å². The van der Waals surface area contributed by atoms with Crippen molar-refractivity contribution in [2.24, 2.45) is 5.73 Å². The first-order valence-electron chi connectivity index (χ1n) is 12.5. The Kier molecular flexibility index (Phi) is 6.26. The summed E-state index contributed by atoms with van der Waals surface area (Å²) in [5.41, 5.74) is 19.6. The summed E-state index contributed by atoms with van der Waals surface area (Å²) in [6.45, 7) is 3.88. The summed E-state index contributed by atoms with van der Waals surface area (Å²) in [5.74, 6) is 1.14. The first-order valence-corrected chi connectivity index (χ1v) is 12.5. The fraction of sp³-hybridized carbons (Fsp3) is 0.207. The van der Waals surface area contributed by atoms with Gasteiger partial charge in [-0.05, 0) is 67.1 Å². The molecule has 0 amide bonds. The molecule has 1 saturated heterocycles. The van der Waals surface area contributed by atoms with Crippen LogP contribution < -0.4 is 16.4 Å². The van der Waals surface area contributed by atoms with Crippen molar-refractivity contribution in [3.63, 3.8) is 0 Å². The zero-order valence-corrected chi connectivity index (χ0v) is 20.5. The Morgan fingerprint density at radius 1 is 0.865 bits per heavy atom. The number of morpholine rings is 1. The quantitative estimate of drug-likeness (QED) is 0.369. The van der Waals surface area contributed by atoms with E-state index >= 15 is 0 Å². The van der Waals surface area contributed by atoms with E-state index in [4.69, 9.17) is 26.2 Å². The lowest BCUT2D eigenvalue weighted by molar-refractivity contribution is 0.122. The summed E-state index contributed by atoms with van der Waals surface area (Å²) >= 11 is 0. The fourth-order valence-electron chi connectivity index (χ4n) is 4.81. The molecule has 0 radical (unpaired) electrons. The van der Waals surface area contributed by atoms with Crippen LogP contribution >= 0.6 is 0 Å². The van der Waals surface area contributed by atoms with Gasteiger partial charge < -0.3 is 21.1 Å². The zero-order chi connectivity index (χ0) is 25.2. The number of hydrogen-bond donors (Lipinski definition) is 2. The predicted molar refractivity (Wildman–Crippen MR) is 148 cm³/mol. The number of pyridine rings is 2. The Bertz CT molecular complexity index is 1540. The minimum atomic E-state index is 0.428. The Morgan fingerprint density at radius 3 is 2.49 bits per heavy atom. The van der Waals surface area contributed by atoms with E-state index < -0.39 is 0 Å². The highest BCUT2D eigenvalue weighted by Crippen LogP contribution is 2.32. The maximum Gasteiger partial charge on any atom is 0.165 e. The second kappa shape index (κ2) is 10.0. The van der Waals surface area contributed by atoms with Crippen molar-refractivity contribution in [1.82, 2.24) is 19.5 Å². The molecule has 4 N–H and O–H groups in total. The maximum absolute atomic E-state index is 6.28. The molecule has 1 aliphatic heterocycles. The summed E-state index contributed by atoms with van der Waals surface area (Å²) in [5, 5.41) is 0. The third kappa shape index (κ3) is 4.52. The molecule has 0 saturated carbocycles. The van der Waals surface area contributed by atoms with Gasteiger partial charge in [0.15, 0.2) is 11.5 Å². The Hall–Kier alpha value is -4.27. The van der Waals surface area contributed by atoms with E-state index in [1.165, 1.54) is 11.3 Å². The number of nitrogens with two attached hydrogens (primary N) is 2. The number of anilines is 2. The van der Waals surface area contributed by atoms with Crippen molar-refractivity contribution in [3.05, 3.63) is 84.6 Å². The number of fused-ring (bicyclic) bond motifs is 1. The summed E-state index contributed by atoms with van der Waals surface area (Å²) in [6.07, 6.45) is 2.51. The van der Waals surface area contributed by atoms with Crippen molar-refractivity contribution in [2.45, 2.75) is 6.42 Å². The van der Waals surface area contributed by atoms with Crippen LogP contribution in [0.15, 0.2) is 79.0 Å². The monoisotopic (exact) mass is 491 g/mol. The number of imidazole rings is 1. The van der Waals surface area contributed by atoms with E-state index in [-0.39, 0.29) is 0 Å². The van der Waals surface area contributed by atoms with Crippen LogP contribution in [0.3, 0.4) is 0 Å². The van der Waals surface area contributed by atoms with Gasteiger partial charge in [0, 0.05) is 36.2 Å². The first-order chi connectivity index (χ1) is 18.2. The summed E-state index contributed by atoms with van der Waals surface area (Å²) < 4.78 is 7.58. The van der Waals surface area contributed by atoms with Crippen LogP contribution in [0, 0.1) is 0 Å². The van der Waals surface area contributed by atoms with Gasteiger partial charge in [0.25, 0.3) is 0 Å². The number of hydrogen-bond acceptors (Lipinski definition) is 7. The molecule has 0 unspecified atom stereocenters. The smallest absolute Gasteiger partial charge is 0.165 e. The third-order valence-corrected chi connectivity index (χ3v) is 6.73. The molecule has 8 nitrogen and oxygen atoms in total. The average Bonchev–Trinajstić information content (AvgIpc) is 3.33. The van der Waals surface area contributed by atoms with Crippen LogP contribution in [0.25, 0.3) is 39.5 Å². The number of nitrogen functional groups attached to an aromatic ring is 1. The van der Waals surface area contributed by atoms with Crippen LogP contribution in [0.1, 0.15) is 5.56 Å². The molecule has 1 fully saturated rings. The number of nitrogens with zero attached hydrogens (tertiary/aromatic N) is 5. The number of aromatic nitrogens is 4. The van der Waals surface area contributed by atoms with E-state index in [2.05, 4.69) is 63.0 Å². The Balaban J connectivity index is 1.49. The number of benzene rings is 2. The molecule has 3 aromatic heterocycles. The van der Waals surface area contributed by atoms with Crippen molar-refractivity contribution >= 4 is 22.7 Å². The highest BCUT2D eigenvalue weighted by Gasteiger charge is 2.19. The van der Waals surface area contributed by atoms with Crippen molar-refractivity contribution in [3.8, 4) is 28.3 Å². The van der Waals surface area contributed by atoms with E-state index in [0.29, 0.717) is 18.2 Å². The second-order valence-electron chi connectivity index (χ2n) is 9.10. The highest BCUT2D eigenvalue weighted by molar-refractivity contribution is 5.84. The van der Waals surface area contributed by atoms with E-state index in [0.717, 1.165) is 66.4 Å². The van der Waals surface area contributed by atoms with E-state index in [1.54, 1.807) is 6.20 Å². The van der Waals surface area contributed by atoms with E-state index in [9.17, 15) is 0 Å². The van der Waals surface area contributed by atoms with Crippen molar-refractivity contribution in [2.75, 3.05) is 43.5 Å². The van der Waals surface area contributed by atoms with Crippen LogP contribution in [-0.2, 0) is 11.2 Å². The molecule has 2 aromatic carbocycles. The normalized spacial score (nSPS) is 13.8. The molecule has 8 heteroatoms. The highest BCUT2D eigenvalue weighted by atomic mass is 16.5. The SMILES string of the molecule is NCCc1ccc(-n2c(-c3cccnc3N)nc3ccc(-c4cccc(N5CCOCC5)c4)nc32)cc1. The van der Waals surface area contributed by atoms with Crippen LogP contribution in [0.5, 0.6) is 0 Å². The van der Waals surface area contributed by atoms with Crippen LogP contribution in [0.4, 0.5) is 11.5 Å². The zero-order valence-electron chi connectivity index (χ0n) is 20.5. The summed E-state index contributed by atoms with van der Waals surface area (Å²) in [4.78, 5) is 16.7. The van der Waals surface area contributed by atoms with Crippen LogP contribution in [0.2, 0.25) is 0 Å². The molecular weight excluding hydrogens is 462 g/mol. The maximum atomic E-state index is 6.28. The van der Waals surface area contributed by atoms with Gasteiger partial charge in [-0.2, -0.15) is 0 Å². The largest absolute Gasteiger partial charge is 0.383 e. The predicted octanol–water partition coefficient (Wildman–Crippen LogP) is 4.07. The van der Waals surface area contributed by atoms with Gasteiger partial charge in [0.2, 0.25) is 0 Å². The molecule has 0 atom stereocenters. The van der Waals surface area contributed by atoms with Gasteiger partial charge >= 0.3 is 0 Å². The lowest BCUT2D eigenvalue weighted by Gasteiger charge is -2.29. The topological polar surface area (TPSA) is 108 Å². The molecule has 0 spiro atoms. The van der Waals surface area contributed by atoms with Gasteiger partial charge in [0.1, 0.15) is 11.3 Å². The Labute approximate surface area is 215 Å². The molecule has 0 aliphatic carbocycles. The third-order valence-electron chi connectivity index (χ3n) is 6.73. The average molecular weight is 492 g/mol. The fourth-order valence-corrected chi connectivity index (χ4v) is 4.81. The second-order valence-corrected chi connectivity index (χ2v) is 9.10. The Morgan fingerprint density at radius 2 is 1.70 bits per heavy atom. The summed E-state index contributed by atoms with van der Waals surface area (Å²) in [7, 11) is 0. The summed E-state index contributed by atoms with van der Waals surface area (Å²) in [6, 6.07) is 24.7. The molecule has 5 aromatic rings. The van der Waals surface area contributed by atoms with Gasteiger partial charge in [0.05, 0.1) is 24.5 Å². The van der Waals surface area contributed by atoms with Gasteiger partial charge in [-0.3, -0.25) is 4.57 Å². The number of rotatable bonds is 6.